The smallest absolute Gasteiger partial charge is 0.302 e. The molecule has 0 bridgehead atoms. The van der Waals surface area contributed by atoms with Crippen molar-refractivity contribution in [3.05, 3.63) is 12.2 Å². The first-order valence-electron chi connectivity index (χ1n) is 10.7. The molecule has 0 heterocycles. The molecule has 0 spiro atoms. The molecule has 0 aliphatic heterocycles. The van der Waals surface area contributed by atoms with E-state index in [0.29, 0.717) is 35.7 Å². The first-order valence-corrected chi connectivity index (χ1v) is 10.7. The zero-order valence-corrected chi connectivity index (χ0v) is 17.4. The molecule has 0 radical (unpaired) electrons. The Labute approximate surface area is 160 Å². The molecule has 3 aliphatic rings. The van der Waals surface area contributed by atoms with Crippen LogP contribution in [0, 0.1) is 40.4 Å². The van der Waals surface area contributed by atoms with Gasteiger partial charge in [0.1, 0.15) is 0 Å². The lowest BCUT2D eigenvalue weighted by molar-refractivity contribution is -0.148. The monoisotopic (exact) mass is 361 g/mol. The maximum absolute atomic E-state index is 11.5. The maximum atomic E-state index is 11.5. The van der Waals surface area contributed by atoms with Crippen LogP contribution in [0.25, 0.3) is 0 Å². The summed E-state index contributed by atoms with van der Waals surface area (Å²) < 4.78 is 5.52. The molecule has 3 heteroatoms. The Hall–Kier alpha value is -0.830. The van der Waals surface area contributed by atoms with Gasteiger partial charge in [-0.15, -0.1) is 0 Å². The minimum atomic E-state index is -0.149. The molecule has 3 nitrogen and oxygen atoms in total. The second-order valence-corrected chi connectivity index (χ2v) is 10.1. The van der Waals surface area contributed by atoms with Gasteiger partial charge < -0.3 is 10.5 Å². The molecule has 3 fully saturated rings. The number of hydrogen-bond acceptors (Lipinski definition) is 3. The van der Waals surface area contributed by atoms with Crippen LogP contribution < -0.4 is 5.73 Å². The normalized spacial score (nSPS) is 46.0. The number of esters is 1. The van der Waals surface area contributed by atoms with E-state index in [2.05, 4.69) is 27.4 Å². The number of allylic oxidation sites excluding steroid dienone is 1. The van der Waals surface area contributed by atoms with Crippen LogP contribution in [0.5, 0.6) is 0 Å². The van der Waals surface area contributed by atoms with Crippen LogP contribution >= 0.6 is 0 Å². The van der Waals surface area contributed by atoms with E-state index in [1.807, 2.05) is 0 Å². The van der Waals surface area contributed by atoms with Crippen molar-refractivity contribution >= 4 is 5.97 Å². The van der Waals surface area contributed by atoms with E-state index in [4.69, 9.17) is 10.5 Å². The molecule has 3 saturated carbocycles. The fraction of sp³-hybridized carbons (Fsp3) is 0.870. The van der Waals surface area contributed by atoms with E-state index in [1.165, 1.54) is 57.4 Å². The topological polar surface area (TPSA) is 52.3 Å². The minimum absolute atomic E-state index is 0.149. The molecule has 0 aromatic rings. The second-order valence-electron chi connectivity index (χ2n) is 10.1. The van der Waals surface area contributed by atoms with E-state index in [-0.39, 0.29) is 11.4 Å². The van der Waals surface area contributed by atoms with Gasteiger partial charge in [0.2, 0.25) is 0 Å². The molecule has 0 unspecified atom stereocenters. The summed E-state index contributed by atoms with van der Waals surface area (Å²) in [6.45, 7) is 14.6. The van der Waals surface area contributed by atoms with Crippen LogP contribution in [0.1, 0.15) is 72.6 Å². The molecule has 0 saturated heterocycles. The van der Waals surface area contributed by atoms with Crippen molar-refractivity contribution in [2.75, 3.05) is 13.2 Å². The molecule has 3 aliphatic carbocycles. The molecule has 0 amide bonds. The summed E-state index contributed by atoms with van der Waals surface area (Å²) in [5.41, 5.74) is 8.39. The van der Waals surface area contributed by atoms with E-state index < -0.39 is 0 Å². The summed E-state index contributed by atoms with van der Waals surface area (Å²) >= 11 is 0. The lowest BCUT2D eigenvalue weighted by atomic mass is 9.49. The largest absolute Gasteiger partial charge is 0.466 e. The third-order valence-corrected chi connectivity index (χ3v) is 8.79. The van der Waals surface area contributed by atoms with Gasteiger partial charge in [-0.1, -0.05) is 39.3 Å². The minimum Gasteiger partial charge on any atom is -0.466 e. The SMILES string of the molecule is C=C1CC[C@H]2[C@H](CN)[C@@H]([C@@]3(C)CC[C@H](C)C[C@@H]3COC(C)=O)CC[C@]12C. The number of carbonyl (C=O) groups excluding carboxylic acids is 1. The van der Waals surface area contributed by atoms with Gasteiger partial charge in [-0.05, 0) is 85.5 Å². The molecule has 26 heavy (non-hydrogen) atoms. The van der Waals surface area contributed by atoms with Gasteiger partial charge in [0, 0.05) is 6.92 Å². The lowest BCUT2D eigenvalue weighted by Crippen LogP contribution is -2.52. The Morgan fingerprint density at radius 2 is 1.96 bits per heavy atom. The van der Waals surface area contributed by atoms with Gasteiger partial charge in [-0.3, -0.25) is 4.79 Å². The van der Waals surface area contributed by atoms with Crippen molar-refractivity contribution in [3.8, 4) is 0 Å². The van der Waals surface area contributed by atoms with Gasteiger partial charge in [0.05, 0.1) is 6.61 Å². The Kier molecular flexibility index (Phi) is 5.59. The first-order chi connectivity index (χ1) is 12.2. The number of rotatable bonds is 4. The molecule has 148 valence electrons. The molecule has 3 rings (SSSR count). The molecule has 7 atom stereocenters. The first kappa shape index (κ1) is 19.9. The Morgan fingerprint density at radius 3 is 2.62 bits per heavy atom. The summed E-state index contributed by atoms with van der Waals surface area (Å²) in [4.78, 5) is 11.5. The molecule has 0 aromatic heterocycles. The zero-order valence-electron chi connectivity index (χ0n) is 17.4. The van der Waals surface area contributed by atoms with Crippen LogP contribution in [-0.4, -0.2) is 19.1 Å². The van der Waals surface area contributed by atoms with Crippen LogP contribution in [-0.2, 0) is 9.53 Å². The average Bonchev–Trinajstić information content (AvgIpc) is 2.90. The van der Waals surface area contributed by atoms with Gasteiger partial charge in [0.25, 0.3) is 0 Å². The molecule has 0 aromatic carbocycles. The van der Waals surface area contributed by atoms with E-state index in [0.717, 1.165) is 12.5 Å². The van der Waals surface area contributed by atoms with E-state index in [1.54, 1.807) is 0 Å². The van der Waals surface area contributed by atoms with Crippen LogP contribution in [0.15, 0.2) is 12.2 Å². The summed E-state index contributed by atoms with van der Waals surface area (Å²) in [5, 5.41) is 0. The van der Waals surface area contributed by atoms with Crippen molar-refractivity contribution in [3.63, 3.8) is 0 Å². The average molecular weight is 362 g/mol. The predicted molar refractivity (Wildman–Crippen MR) is 106 cm³/mol. The predicted octanol–water partition coefficient (Wildman–Crippen LogP) is 4.95. The standard InChI is InChI=1S/C23H39NO2/c1-15-8-10-23(5,18(12-15)14-26-17(3)25)21-9-11-22(4)16(2)6-7-20(22)19(21)13-24/h15,18-21H,2,6-14,24H2,1,3-5H3/t15-,18+,19-,20-,21-,22+,23-/m0/s1. The van der Waals surface area contributed by atoms with Crippen LogP contribution in [0.2, 0.25) is 0 Å². The summed E-state index contributed by atoms with van der Waals surface area (Å²) in [6.07, 6.45) is 8.63. The maximum Gasteiger partial charge on any atom is 0.302 e. The molecular formula is C23H39NO2. The number of hydrogen-bond donors (Lipinski definition) is 1. The van der Waals surface area contributed by atoms with E-state index >= 15 is 0 Å². The molecular weight excluding hydrogens is 322 g/mol. The van der Waals surface area contributed by atoms with Crippen molar-refractivity contribution in [2.45, 2.75) is 72.6 Å². The third-order valence-electron chi connectivity index (χ3n) is 8.79. The van der Waals surface area contributed by atoms with Crippen molar-refractivity contribution in [1.82, 2.24) is 0 Å². The van der Waals surface area contributed by atoms with Crippen molar-refractivity contribution in [2.24, 2.45) is 46.2 Å². The highest BCUT2D eigenvalue weighted by molar-refractivity contribution is 5.65. The number of fused-ring (bicyclic) bond motifs is 1. The second kappa shape index (κ2) is 7.30. The fourth-order valence-corrected chi connectivity index (χ4v) is 6.94. The van der Waals surface area contributed by atoms with Gasteiger partial charge in [0.15, 0.2) is 0 Å². The zero-order chi connectivity index (χ0) is 19.1. The third kappa shape index (κ3) is 3.25. The van der Waals surface area contributed by atoms with Gasteiger partial charge >= 0.3 is 5.97 Å². The summed E-state index contributed by atoms with van der Waals surface area (Å²) in [7, 11) is 0. The van der Waals surface area contributed by atoms with Crippen molar-refractivity contribution < 1.29 is 9.53 Å². The van der Waals surface area contributed by atoms with Crippen LogP contribution in [0.4, 0.5) is 0 Å². The van der Waals surface area contributed by atoms with E-state index in [9.17, 15) is 4.79 Å². The van der Waals surface area contributed by atoms with Gasteiger partial charge in [-0.25, -0.2) is 0 Å². The highest BCUT2D eigenvalue weighted by Gasteiger charge is 2.56. The number of ether oxygens (including phenoxy) is 1. The van der Waals surface area contributed by atoms with Crippen molar-refractivity contribution in [1.29, 1.82) is 0 Å². The Bertz CT molecular complexity index is 558. The van der Waals surface area contributed by atoms with Crippen LogP contribution in [0.3, 0.4) is 0 Å². The molecule has 2 N–H and O–H groups in total. The van der Waals surface area contributed by atoms with Gasteiger partial charge in [-0.2, -0.15) is 0 Å². The quantitative estimate of drug-likeness (QED) is 0.569. The highest BCUT2D eigenvalue weighted by Crippen LogP contribution is 2.63. The Morgan fingerprint density at radius 1 is 1.23 bits per heavy atom. The summed E-state index contributed by atoms with van der Waals surface area (Å²) in [5.74, 6) is 2.94. The summed E-state index contributed by atoms with van der Waals surface area (Å²) in [6, 6.07) is 0. The fourth-order valence-electron chi connectivity index (χ4n) is 6.94. The number of carbonyl (C=O) groups is 1. The highest BCUT2D eigenvalue weighted by atomic mass is 16.5. The lowest BCUT2D eigenvalue weighted by Gasteiger charge is -2.56. The number of nitrogens with two attached hydrogens (primary N) is 1. The Balaban J connectivity index is 1.86.